The van der Waals surface area contributed by atoms with Gasteiger partial charge >= 0.3 is 0 Å². The van der Waals surface area contributed by atoms with E-state index in [4.69, 9.17) is 0 Å². The zero-order valence-corrected chi connectivity index (χ0v) is 26.2. The number of carbonyl (C=O) groups is 1. The second-order valence-electron chi connectivity index (χ2n) is 14.8. The smallest absolute Gasteiger partial charge is 0.161 e. The maximum atomic E-state index is 13.8. The third kappa shape index (κ3) is 13.6. The van der Waals surface area contributed by atoms with Crippen LogP contribution in [0, 0.1) is 41.4 Å². The van der Waals surface area contributed by atoms with E-state index in [1.807, 2.05) is 0 Å². The van der Waals surface area contributed by atoms with Gasteiger partial charge in [0.2, 0.25) is 0 Å². The first-order valence-electron chi connectivity index (χ1n) is 16.4. The number of hydrogen-bond donors (Lipinski definition) is 1. The molecule has 3 heteroatoms. The first kappa shape index (κ1) is 33.5. The van der Waals surface area contributed by atoms with Crippen molar-refractivity contribution in [2.45, 2.75) is 163 Å². The summed E-state index contributed by atoms with van der Waals surface area (Å²) in [6.45, 7) is 14.8. The fourth-order valence-electron chi connectivity index (χ4n) is 7.18. The van der Waals surface area contributed by atoms with Crippen LogP contribution in [0.1, 0.15) is 151 Å². The van der Waals surface area contributed by atoms with Crippen molar-refractivity contribution in [3.05, 3.63) is 11.6 Å². The van der Waals surface area contributed by atoms with Crippen molar-refractivity contribution >= 4 is 5.78 Å². The molecule has 0 aromatic carbocycles. The fourth-order valence-corrected chi connectivity index (χ4v) is 7.18. The number of allylic oxidation sites excluding steroid dienone is 2. The summed E-state index contributed by atoms with van der Waals surface area (Å²) in [6.07, 6.45) is 19.3. The minimum Gasteiger partial charge on any atom is -0.385 e. The monoisotopic (exact) mass is 534 g/mol. The van der Waals surface area contributed by atoms with E-state index in [1.165, 1.54) is 76.2 Å². The van der Waals surface area contributed by atoms with E-state index in [-0.39, 0.29) is 5.78 Å². The Kier molecular flexibility index (Phi) is 14.6. The number of rotatable bonds is 16. The number of carbonyl (C=O) groups excluding carboxylic acids is 1. The number of alkyl halides is 1. The lowest BCUT2D eigenvalue weighted by atomic mass is 9.75. The van der Waals surface area contributed by atoms with E-state index in [0.29, 0.717) is 42.9 Å². The Balaban J connectivity index is 1.66. The van der Waals surface area contributed by atoms with Crippen molar-refractivity contribution in [3.63, 3.8) is 0 Å². The predicted molar refractivity (Wildman–Crippen MR) is 161 cm³/mol. The van der Waals surface area contributed by atoms with E-state index >= 15 is 0 Å². The summed E-state index contributed by atoms with van der Waals surface area (Å²) in [5, 5.41) is 10.5. The predicted octanol–water partition coefficient (Wildman–Crippen LogP) is 10.3. The van der Waals surface area contributed by atoms with Crippen LogP contribution in [0.4, 0.5) is 4.39 Å². The first-order valence-corrected chi connectivity index (χ1v) is 16.4. The molecule has 3 atom stereocenters. The molecule has 0 amide bonds. The van der Waals surface area contributed by atoms with Gasteiger partial charge in [-0.2, -0.15) is 0 Å². The molecule has 0 saturated heterocycles. The molecular formula is C35H63FO2. The highest BCUT2D eigenvalue weighted by Gasteiger charge is 2.27. The molecular weight excluding hydrogens is 471 g/mol. The van der Waals surface area contributed by atoms with Gasteiger partial charge in [-0.15, -0.1) is 0 Å². The zero-order valence-electron chi connectivity index (χ0n) is 26.2. The van der Waals surface area contributed by atoms with Crippen LogP contribution in [-0.2, 0) is 4.79 Å². The number of aliphatic hydroxyl groups excluding tert-OH is 1. The molecule has 2 saturated carbocycles. The Bertz CT molecular complexity index is 689. The van der Waals surface area contributed by atoms with Crippen LogP contribution < -0.4 is 0 Å². The van der Waals surface area contributed by atoms with Gasteiger partial charge in [0.15, 0.2) is 5.78 Å². The maximum Gasteiger partial charge on any atom is 0.161 e. The third-order valence-corrected chi connectivity index (χ3v) is 10.1. The average Bonchev–Trinajstić information content (AvgIpc) is 2.84. The van der Waals surface area contributed by atoms with Crippen LogP contribution in [0.25, 0.3) is 0 Å². The number of hydrogen-bond acceptors (Lipinski definition) is 2. The van der Waals surface area contributed by atoms with Crippen molar-refractivity contribution in [2.24, 2.45) is 41.4 Å². The van der Waals surface area contributed by atoms with E-state index in [0.717, 1.165) is 30.6 Å². The molecule has 2 unspecified atom stereocenters. The summed E-state index contributed by atoms with van der Waals surface area (Å²) in [4.78, 5) is 12.7. The highest BCUT2D eigenvalue weighted by Crippen LogP contribution is 2.37. The molecule has 2 aliphatic rings. The molecule has 0 spiro atoms. The quantitative estimate of drug-likeness (QED) is 0.200. The highest BCUT2D eigenvalue weighted by atomic mass is 19.1. The van der Waals surface area contributed by atoms with Crippen LogP contribution in [0.15, 0.2) is 11.6 Å². The molecule has 0 heterocycles. The Hall–Kier alpha value is -0.700. The fraction of sp³-hybridized carbons (Fsp3) is 0.914. The molecule has 2 fully saturated rings. The molecule has 222 valence electrons. The van der Waals surface area contributed by atoms with Gasteiger partial charge in [-0.05, 0) is 101 Å². The lowest BCUT2D eigenvalue weighted by molar-refractivity contribution is -0.128. The molecule has 2 nitrogen and oxygen atoms in total. The van der Waals surface area contributed by atoms with Crippen molar-refractivity contribution in [2.75, 3.05) is 0 Å². The van der Waals surface area contributed by atoms with E-state index in [2.05, 4.69) is 40.7 Å². The molecule has 2 rings (SSSR count). The first-order chi connectivity index (χ1) is 17.8. The van der Waals surface area contributed by atoms with E-state index in [1.54, 1.807) is 13.8 Å². The topological polar surface area (TPSA) is 37.3 Å². The van der Waals surface area contributed by atoms with Crippen molar-refractivity contribution in [3.8, 4) is 0 Å². The lowest BCUT2D eigenvalue weighted by Crippen LogP contribution is -2.26. The van der Waals surface area contributed by atoms with Crippen LogP contribution in [-0.4, -0.2) is 22.7 Å². The molecule has 2 aliphatic carbocycles. The van der Waals surface area contributed by atoms with Crippen molar-refractivity contribution in [1.82, 2.24) is 0 Å². The largest absolute Gasteiger partial charge is 0.385 e. The normalized spacial score (nSPS) is 27.8. The van der Waals surface area contributed by atoms with Crippen molar-refractivity contribution in [1.29, 1.82) is 0 Å². The summed E-state index contributed by atoms with van der Waals surface area (Å²) in [5.41, 5.74) is 0.265. The van der Waals surface area contributed by atoms with Gasteiger partial charge in [0.1, 0.15) is 11.8 Å². The van der Waals surface area contributed by atoms with Gasteiger partial charge in [-0.3, -0.25) is 4.79 Å². The van der Waals surface area contributed by atoms with Gasteiger partial charge in [0.25, 0.3) is 0 Å². The Morgan fingerprint density at radius 3 is 2.03 bits per heavy atom. The highest BCUT2D eigenvalue weighted by molar-refractivity contribution is 5.82. The number of Topliss-reactive ketones (excluding diaryl/α,β-unsaturated/α-hetero) is 1. The molecule has 1 N–H and O–H groups in total. The zero-order chi connectivity index (χ0) is 28.3. The molecule has 0 aromatic heterocycles. The SMILES string of the molecule is C/C(=C\[C@H](C)C[C@H]1CC[C@@H](CCC(CCC(=O)C(O)CC2CCC(C)CC2)C(C)C)CC1)CCC(C)(C)F. The summed E-state index contributed by atoms with van der Waals surface area (Å²) >= 11 is 0. The van der Waals surface area contributed by atoms with Gasteiger partial charge in [-0.25, -0.2) is 4.39 Å². The lowest BCUT2D eigenvalue weighted by Gasteiger charge is -2.31. The Labute approximate surface area is 236 Å². The molecule has 38 heavy (non-hydrogen) atoms. The summed E-state index contributed by atoms with van der Waals surface area (Å²) in [6, 6.07) is 0. The molecule has 0 aromatic rings. The molecule has 0 radical (unpaired) electrons. The number of halogens is 1. The van der Waals surface area contributed by atoms with Gasteiger partial charge < -0.3 is 5.11 Å². The minimum atomic E-state index is -1.07. The maximum absolute atomic E-state index is 13.8. The van der Waals surface area contributed by atoms with Crippen molar-refractivity contribution < 1.29 is 14.3 Å². The minimum absolute atomic E-state index is 0.0848. The Morgan fingerprint density at radius 2 is 1.45 bits per heavy atom. The summed E-state index contributed by atoms with van der Waals surface area (Å²) in [5.74, 6) is 4.86. The molecule has 0 bridgehead atoms. The number of aliphatic hydroxyl groups is 1. The average molecular weight is 535 g/mol. The van der Waals surface area contributed by atoms with Gasteiger partial charge in [-0.1, -0.05) is 97.1 Å². The second kappa shape index (κ2) is 16.5. The third-order valence-electron chi connectivity index (χ3n) is 10.1. The summed E-state index contributed by atoms with van der Waals surface area (Å²) in [7, 11) is 0. The number of ketones is 1. The van der Waals surface area contributed by atoms with Crippen LogP contribution in [0.5, 0.6) is 0 Å². The van der Waals surface area contributed by atoms with Gasteiger partial charge in [0.05, 0.1) is 0 Å². The molecule has 0 aliphatic heterocycles. The van der Waals surface area contributed by atoms with E-state index < -0.39 is 11.8 Å². The van der Waals surface area contributed by atoms with Gasteiger partial charge in [0, 0.05) is 6.42 Å². The van der Waals surface area contributed by atoms with E-state index in [9.17, 15) is 14.3 Å². The standard InChI is InChI=1S/C35H63FO2/c1-25(2)32(18-19-33(37)34(38)24-31-10-8-26(3)9-11-31)17-16-29-12-14-30(15-13-29)23-28(5)22-27(4)20-21-35(6,7)36/h22,25-26,28-32,34,38H,8-21,23-24H2,1-7H3/b27-22+/t26?,28-,29-,30+,31?,32?,34?/m0/s1. The van der Waals surface area contributed by atoms with Crippen LogP contribution in [0.3, 0.4) is 0 Å². The summed E-state index contributed by atoms with van der Waals surface area (Å²) < 4.78 is 13.8. The van der Waals surface area contributed by atoms with Crippen LogP contribution in [0.2, 0.25) is 0 Å². The second-order valence-corrected chi connectivity index (χ2v) is 14.8. The Morgan fingerprint density at radius 1 is 0.895 bits per heavy atom. The van der Waals surface area contributed by atoms with Crippen LogP contribution >= 0.6 is 0 Å².